The summed E-state index contributed by atoms with van der Waals surface area (Å²) in [6, 6.07) is 18.0. The molecule has 2 heterocycles. The molecule has 26 heavy (non-hydrogen) atoms. The lowest BCUT2D eigenvalue weighted by atomic mass is 10.0. The van der Waals surface area contributed by atoms with Crippen molar-refractivity contribution < 1.29 is 4.74 Å². The summed E-state index contributed by atoms with van der Waals surface area (Å²) in [6.07, 6.45) is 6.12. The van der Waals surface area contributed by atoms with Crippen molar-refractivity contribution in [3.8, 4) is 5.75 Å². The fraction of sp³-hybridized carbons (Fsp3) is 0.0952. The molecule has 0 fully saturated rings. The van der Waals surface area contributed by atoms with Gasteiger partial charge in [-0.3, -0.25) is 4.98 Å². The smallest absolute Gasteiger partial charge is 0.119 e. The molecule has 0 unspecified atom stereocenters. The van der Waals surface area contributed by atoms with Gasteiger partial charge in [-0.25, -0.2) is 0 Å². The molecule has 2 aromatic heterocycles. The lowest BCUT2D eigenvalue weighted by Crippen LogP contribution is -1.99. The maximum atomic E-state index is 5.21. The number of hydrogen-bond donors (Lipinski definition) is 1. The molecule has 0 radical (unpaired) electrons. The van der Waals surface area contributed by atoms with Gasteiger partial charge in [-0.2, -0.15) is 10.2 Å². The van der Waals surface area contributed by atoms with E-state index >= 15 is 0 Å². The molecule has 0 amide bonds. The number of nitrogens with one attached hydrogen (secondary N) is 1. The van der Waals surface area contributed by atoms with Crippen LogP contribution < -0.4 is 10.1 Å². The van der Waals surface area contributed by atoms with Crippen LogP contribution in [0.5, 0.6) is 5.75 Å². The second-order valence-electron chi connectivity index (χ2n) is 5.94. The Kier molecular flexibility index (Phi) is 4.43. The number of ether oxygens (including phenoxy) is 1. The van der Waals surface area contributed by atoms with Crippen LogP contribution in [0.3, 0.4) is 0 Å². The van der Waals surface area contributed by atoms with Gasteiger partial charge in [0.05, 0.1) is 19.0 Å². The average molecular weight is 342 g/mol. The van der Waals surface area contributed by atoms with E-state index in [4.69, 9.17) is 4.74 Å². The zero-order valence-corrected chi connectivity index (χ0v) is 14.4. The number of hydrogen-bond acceptors (Lipinski definition) is 5. The van der Waals surface area contributed by atoms with Gasteiger partial charge in [0.25, 0.3) is 0 Å². The van der Waals surface area contributed by atoms with E-state index < -0.39 is 0 Å². The summed E-state index contributed by atoms with van der Waals surface area (Å²) in [6.45, 7) is 0. The summed E-state index contributed by atoms with van der Waals surface area (Å²) in [5, 5.41) is 14.2. The number of anilines is 2. The largest absolute Gasteiger partial charge is 0.497 e. The number of benzene rings is 2. The van der Waals surface area contributed by atoms with E-state index in [0.717, 1.165) is 45.6 Å². The fourth-order valence-corrected chi connectivity index (χ4v) is 2.93. The van der Waals surface area contributed by atoms with Crippen LogP contribution in [-0.4, -0.2) is 22.3 Å². The summed E-state index contributed by atoms with van der Waals surface area (Å²) >= 11 is 0. The van der Waals surface area contributed by atoms with Gasteiger partial charge in [-0.1, -0.05) is 12.1 Å². The quantitative estimate of drug-likeness (QED) is 0.584. The van der Waals surface area contributed by atoms with E-state index in [-0.39, 0.29) is 0 Å². The second-order valence-corrected chi connectivity index (χ2v) is 5.94. The molecule has 4 rings (SSSR count). The fourth-order valence-electron chi connectivity index (χ4n) is 2.93. The molecule has 5 nitrogen and oxygen atoms in total. The summed E-state index contributed by atoms with van der Waals surface area (Å²) in [4.78, 5) is 4.07. The molecule has 0 bridgehead atoms. The molecule has 0 spiro atoms. The molecule has 128 valence electrons. The third kappa shape index (κ3) is 3.32. The van der Waals surface area contributed by atoms with Gasteiger partial charge in [-0.05, 0) is 48.0 Å². The second kappa shape index (κ2) is 7.19. The van der Waals surface area contributed by atoms with Crippen molar-refractivity contribution in [1.29, 1.82) is 0 Å². The van der Waals surface area contributed by atoms with E-state index in [1.54, 1.807) is 25.7 Å². The van der Waals surface area contributed by atoms with Crippen molar-refractivity contribution in [3.63, 3.8) is 0 Å². The van der Waals surface area contributed by atoms with E-state index in [1.807, 2.05) is 48.5 Å². The first-order valence-corrected chi connectivity index (χ1v) is 8.37. The molecule has 4 aromatic rings. The zero-order chi connectivity index (χ0) is 17.8. The van der Waals surface area contributed by atoms with Crippen LogP contribution >= 0.6 is 0 Å². The maximum Gasteiger partial charge on any atom is 0.119 e. The van der Waals surface area contributed by atoms with Crippen LogP contribution in [0.25, 0.3) is 10.8 Å². The Bertz CT molecular complexity index is 1020. The lowest BCUT2D eigenvalue weighted by Gasteiger charge is -2.12. The number of nitrogens with zero attached hydrogens (tertiary/aromatic N) is 3. The SMILES string of the molecule is COc1ccc(Nc2cccc3c(Cc4ccncc4)nncc23)cc1. The van der Waals surface area contributed by atoms with Crippen LogP contribution in [0.4, 0.5) is 11.4 Å². The predicted molar refractivity (Wildman–Crippen MR) is 103 cm³/mol. The third-order valence-electron chi connectivity index (χ3n) is 4.27. The number of pyridine rings is 1. The van der Waals surface area contributed by atoms with Crippen LogP contribution in [0.15, 0.2) is 73.2 Å². The molecule has 2 aromatic carbocycles. The Morgan fingerprint density at radius 3 is 2.50 bits per heavy atom. The van der Waals surface area contributed by atoms with Gasteiger partial charge < -0.3 is 10.1 Å². The number of aromatic nitrogens is 3. The highest BCUT2D eigenvalue weighted by Gasteiger charge is 2.08. The molecule has 0 aliphatic rings. The van der Waals surface area contributed by atoms with E-state index in [0.29, 0.717) is 0 Å². The lowest BCUT2D eigenvalue weighted by molar-refractivity contribution is 0.415. The monoisotopic (exact) mass is 342 g/mol. The van der Waals surface area contributed by atoms with Crippen molar-refractivity contribution in [3.05, 3.63) is 84.4 Å². The van der Waals surface area contributed by atoms with Crippen molar-refractivity contribution in [1.82, 2.24) is 15.2 Å². The molecule has 5 heteroatoms. The molecule has 1 N–H and O–H groups in total. The van der Waals surface area contributed by atoms with Crippen molar-refractivity contribution in [2.24, 2.45) is 0 Å². The molecular formula is C21H18N4O. The number of fused-ring (bicyclic) bond motifs is 1. The van der Waals surface area contributed by atoms with Crippen LogP contribution in [-0.2, 0) is 6.42 Å². The van der Waals surface area contributed by atoms with E-state index in [2.05, 4.69) is 26.6 Å². The Morgan fingerprint density at radius 2 is 1.73 bits per heavy atom. The number of rotatable bonds is 5. The summed E-state index contributed by atoms with van der Waals surface area (Å²) in [5.74, 6) is 0.832. The topological polar surface area (TPSA) is 59.9 Å². The minimum absolute atomic E-state index is 0.721. The van der Waals surface area contributed by atoms with Gasteiger partial charge in [0.2, 0.25) is 0 Å². The van der Waals surface area contributed by atoms with Gasteiger partial charge in [0.15, 0.2) is 0 Å². The standard InChI is InChI=1S/C21H18N4O/c1-26-17-7-5-16(6-8-17)24-20-4-2-3-18-19(20)14-23-25-21(18)13-15-9-11-22-12-10-15/h2-12,14,24H,13H2,1H3. The maximum absolute atomic E-state index is 5.21. The molecule has 0 aliphatic heterocycles. The molecule has 0 saturated heterocycles. The molecule has 0 aliphatic carbocycles. The Hall–Kier alpha value is -3.47. The molecule has 0 atom stereocenters. The van der Waals surface area contributed by atoms with Crippen LogP contribution in [0.1, 0.15) is 11.3 Å². The van der Waals surface area contributed by atoms with E-state index in [9.17, 15) is 0 Å². The first kappa shape index (κ1) is 16.0. The Morgan fingerprint density at radius 1 is 0.923 bits per heavy atom. The predicted octanol–water partition coefficient (Wildman–Crippen LogP) is 4.37. The average Bonchev–Trinajstić information content (AvgIpc) is 2.70. The first-order valence-electron chi connectivity index (χ1n) is 8.37. The van der Waals surface area contributed by atoms with Gasteiger partial charge in [-0.15, -0.1) is 0 Å². The Labute approximate surface area is 151 Å². The molecule has 0 saturated carbocycles. The third-order valence-corrected chi connectivity index (χ3v) is 4.27. The number of methoxy groups -OCH3 is 1. The van der Waals surface area contributed by atoms with Gasteiger partial charge in [0, 0.05) is 41.0 Å². The zero-order valence-electron chi connectivity index (χ0n) is 14.4. The molecular weight excluding hydrogens is 324 g/mol. The van der Waals surface area contributed by atoms with E-state index in [1.165, 1.54) is 0 Å². The summed E-state index contributed by atoms with van der Waals surface area (Å²) in [7, 11) is 1.66. The Balaban J connectivity index is 1.69. The van der Waals surface area contributed by atoms with Crippen molar-refractivity contribution in [2.45, 2.75) is 6.42 Å². The summed E-state index contributed by atoms with van der Waals surface area (Å²) < 4.78 is 5.21. The highest BCUT2D eigenvalue weighted by molar-refractivity contribution is 5.96. The minimum Gasteiger partial charge on any atom is -0.497 e. The normalized spacial score (nSPS) is 10.7. The first-order chi connectivity index (χ1) is 12.8. The van der Waals surface area contributed by atoms with Crippen LogP contribution in [0, 0.1) is 0 Å². The highest BCUT2D eigenvalue weighted by Crippen LogP contribution is 2.28. The van der Waals surface area contributed by atoms with Gasteiger partial charge in [0.1, 0.15) is 5.75 Å². The highest BCUT2D eigenvalue weighted by atomic mass is 16.5. The van der Waals surface area contributed by atoms with Crippen molar-refractivity contribution >= 4 is 22.1 Å². The summed E-state index contributed by atoms with van der Waals surface area (Å²) in [5.41, 5.74) is 4.10. The van der Waals surface area contributed by atoms with Gasteiger partial charge >= 0.3 is 0 Å². The van der Waals surface area contributed by atoms with Crippen LogP contribution in [0.2, 0.25) is 0 Å². The van der Waals surface area contributed by atoms with Crippen molar-refractivity contribution in [2.75, 3.05) is 12.4 Å². The minimum atomic E-state index is 0.721.